The highest BCUT2D eigenvalue weighted by Gasteiger charge is 2.21. The van der Waals surface area contributed by atoms with Gasteiger partial charge in [-0.2, -0.15) is 0 Å². The first kappa shape index (κ1) is 22.8. The number of rotatable bonds is 10. The van der Waals surface area contributed by atoms with Gasteiger partial charge in [0.05, 0.1) is 29.6 Å². The fourth-order valence-corrected chi connectivity index (χ4v) is 3.43. The molecule has 0 amide bonds. The van der Waals surface area contributed by atoms with Crippen LogP contribution in [0.1, 0.15) is 44.7 Å². The second kappa shape index (κ2) is 10.4. The summed E-state index contributed by atoms with van der Waals surface area (Å²) in [6, 6.07) is 11.3. The number of ether oxygens (including phenoxy) is 2. The molecule has 0 unspecified atom stereocenters. The van der Waals surface area contributed by atoms with Crippen LogP contribution in [0, 0.1) is 0 Å². The molecule has 2 aromatic carbocycles. The average molecular weight is 447 g/mol. The van der Waals surface area contributed by atoms with Gasteiger partial charge in [0.1, 0.15) is 11.5 Å². The van der Waals surface area contributed by atoms with E-state index in [1.165, 1.54) is 0 Å². The molecule has 2 aromatic rings. The van der Waals surface area contributed by atoms with Crippen molar-refractivity contribution >= 4 is 29.0 Å². The molecule has 1 aliphatic rings. The van der Waals surface area contributed by atoms with Crippen molar-refractivity contribution in [2.75, 3.05) is 11.6 Å². The van der Waals surface area contributed by atoms with Crippen molar-refractivity contribution in [1.29, 1.82) is 0 Å². The van der Waals surface area contributed by atoms with Gasteiger partial charge in [-0.15, -0.1) is 0 Å². The van der Waals surface area contributed by atoms with E-state index in [2.05, 4.69) is 5.59 Å². The van der Waals surface area contributed by atoms with Gasteiger partial charge < -0.3 is 19.4 Å². The highest BCUT2D eigenvalue weighted by Crippen LogP contribution is 2.34. The van der Waals surface area contributed by atoms with Crippen molar-refractivity contribution < 1.29 is 24.2 Å². The molecular weight excluding hydrogens is 420 g/mol. The lowest BCUT2D eigenvalue weighted by Crippen LogP contribution is -2.28. The van der Waals surface area contributed by atoms with E-state index in [1.807, 2.05) is 57.3 Å². The molecule has 0 saturated carbocycles. The van der Waals surface area contributed by atoms with E-state index in [4.69, 9.17) is 31.0 Å². The van der Waals surface area contributed by atoms with Crippen LogP contribution in [-0.4, -0.2) is 23.8 Å². The molecule has 2 N–H and O–H groups in total. The number of hydrazine groups is 1. The van der Waals surface area contributed by atoms with Crippen LogP contribution in [-0.2, 0) is 16.1 Å². The number of anilines is 1. The van der Waals surface area contributed by atoms with Crippen LogP contribution in [0.2, 0.25) is 5.02 Å². The molecule has 0 aromatic heterocycles. The van der Waals surface area contributed by atoms with E-state index in [1.54, 1.807) is 11.1 Å². The highest BCUT2D eigenvalue weighted by atomic mass is 35.5. The first-order valence-electron chi connectivity index (χ1n) is 10.3. The summed E-state index contributed by atoms with van der Waals surface area (Å²) in [6.07, 6.45) is 3.15. The van der Waals surface area contributed by atoms with E-state index < -0.39 is 5.97 Å². The maximum absolute atomic E-state index is 10.7. The van der Waals surface area contributed by atoms with Crippen molar-refractivity contribution in [2.24, 2.45) is 0 Å². The van der Waals surface area contributed by atoms with Crippen LogP contribution in [0.15, 0.2) is 42.6 Å². The molecule has 0 spiro atoms. The van der Waals surface area contributed by atoms with Crippen LogP contribution in [0.5, 0.6) is 11.5 Å². The molecule has 1 heterocycles. The Balaban J connectivity index is 1.77. The van der Waals surface area contributed by atoms with Gasteiger partial charge in [0.15, 0.2) is 5.76 Å². The molecular formula is C23H27ClN2O5. The number of halogens is 1. The van der Waals surface area contributed by atoms with E-state index in [0.717, 1.165) is 29.0 Å². The summed E-state index contributed by atoms with van der Waals surface area (Å²) < 4.78 is 11.5. The molecule has 0 bridgehead atoms. The number of hydrogen-bond donors (Lipinski definition) is 2. The van der Waals surface area contributed by atoms with Crippen LogP contribution in [0.4, 0.5) is 5.69 Å². The van der Waals surface area contributed by atoms with Gasteiger partial charge in [-0.1, -0.05) is 30.2 Å². The largest absolute Gasteiger partial charge is 0.493 e. The smallest absolute Gasteiger partial charge is 0.303 e. The molecule has 166 valence electrons. The molecule has 0 radical (unpaired) electrons. The number of carboxylic acids is 1. The van der Waals surface area contributed by atoms with Gasteiger partial charge in [0.25, 0.3) is 0 Å². The Kier molecular flexibility index (Phi) is 7.65. The lowest BCUT2D eigenvalue weighted by molar-refractivity contribution is -0.137. The molecule has 0 atom stereocenters. The molecule has 1 aliphatic heterocycles. The van der Waals surface area contributed by atoms with Gasteiger partial charge in [0.2, 0.25) is 0 Å². The van der Waals surface area contributed by atoms with Crippen LogP contribution in [0.3, 0.4) is 0 Å². The zero-order valence-corrected chi connectivity index (χ0v) is 18.6. The number of carbonyl (C=O) groups is 1. The number of nitrogens with one attached hydrogen (secondary N) is 1. The van der Waals surface area contributed by atoms with Crippen LogP contribution in [0.25, 0.3) is 5.76 Å². The zero-order chi connectivity index (χ0) is 22.4. The summed E-state index contributed by atoms with van der Waals surface area (Å²) >= 11 is 6.36. The topological polar surface area (TPSA) is 80.3 Å². The second-order valence-electron chi connectivity index (χ2n) is 7.32. The number of benzene rings is 2. The fourth-order valence-electron chi connectivity index (χ4n) is 3.20. The molecule has 0 saturated heterocycles. The minimum absolute atomic E-state index is 0.0357. The third kappa shape index (κ3) is 5.83. The van der Waals surface area contributed by atoms with Crippen LogP contribution < -0.4 is 20.1 Å². The van der Waals surface area contributed by atoms with Crippen molar-refractivity contribution in [3.05, 3.63) is 58.7 Å². The van der Waals surface area contributed by atoms with Gasteiger partial charge in [-0.25, -0.2) is 5.01 Å². The Bertz CT molecular complexity index is 961. The average Bonchev–Trinajstić information content (AvgIpc) is 3.22. The van der Waals surface area contributed by atoms with Crippen molar-refractivity contribution in [3.63, 3.8) is 0 Å². The van der Waals surface area contributed by atoms with Crippen molar-refractivity contribution in [1.82, 2.24) is 5.59 Å². The molecule has 0 aliphatic carbocycles. The Hall–Kier alpha value is -2.90. The van der Waals surface area contributed by atoms with Gasteiger partial charge in [0, 0.05) is 17.5 Å². The minimum atomic E-state index is -0.826. The second-order valence-corrected chi connectivity index (χ2v) is 7.73. The monoisotopic (exact) mass is 446 g/mol. The zero-order valence-electron chi connectivity index (χ0n) is 17.9. The van der Waals surface area contributed by atoms with E-state index in [0.29, 0.717) is 29.6 Å². The summed E-state index contributed by atoms with van der Waals surface area (Å²) in [4.78, 5) is 16.4. The Labute approximate surface area is 187 Å². The lowest BCUT2D eigenvalue weighted by atomic mass is 10.1. The molecule has 0 fully saturated rings. The Morgan fingerprint density at radius 2 is 2.06 bits per heavy atom. The van der Waals surface area contributed by atoms with Crippen molar-refractivity contribution in [3.8, 4) is 11.5 Å². The SMILES string of the molecule is CCc1c(OCCCC(=O)O)cccc1N1C=C(c2ccc(OC(C)C)c(Cl)c2)ON1. The summed E-state index contributed by atoms with van der Waals surface area (Å²) in [5, 5.41) is 11.1. The predicted molar refractivity (Wildman–Crippen MR) is 120 cm³/mol. The first-order chi connectivity index (χ1) is 14.9. The van der Waals surface area contributed by atoms with Gasteiger partial charge >= 0.3 is 5.97 Å². The Morgan fingerprint density at radius 1 is 1.26 bits per heavy atom. The van der Waals surface area contributed by atoms with Crippen LogP contribution >= 0.6 is 11.6 Å². The standard InChI is InChI=1S/C23H27ClN2O5/c1-4-17-19(7-5-8-20(17)29-12-6-9-23(27)28)26-14-22(31-25-26)16-10-11-21(18(24)13-16)30-15(2)3/h5,7-8,10-11,13-15,25H,4,6,9,12H2,1-3H3,(H,27,28). The van der Waals surface area contributed by atoms with E-state index in [-0.39, 0.29) is 12.5 Å². The van der Waals surface area contributed by atoms with E-state index >= 15 is 0 Å². The third-order valence-electron chi connectivity index (χ3n) is 4.59. The fraction of sp³-hybridized carbons (Fsp3) is 0.348. The number of hydrogen-bond acceptors (Lipinski definition) is 6. The maximum atomic E-state index is 10.7. The molecule has 8 heteroatoms. The highest BCUT2D eigenvalue weighted by molar-refractivity contribution is 6.32. The first-order valence-corrected chi connectivity index (χ1v) is 10.6. The normalized spacial score (nSPS) is 13.2. The minimum Gasteiger partial charge on any atom is -0.493 e. The van der Waals surface area contributed by atoms with E-state index in [9.17, 15) is 4.79 Å². The molecule has 3 rings (SSSR count). The number of nitrogens with zero attached hydrogens (tertiary/aromatic N) is 1. The summed E-state index contributed by atoms with van der Waals surface area (Å²) in [6.45, 7) is 6.28. The summed E-state index contributed by atoms with van der Waals surface area (Å²) in [5.41, 5.74) is 5.60. The predicted octanol–water partition coefficient (Wildman–Crippen LogP) is 5.19. The van der Waals surface area contributed by atoms with Gasteiger partial charge in [-0.05, 0) is 57.0 Å². The quantitative estimate of drug-likeness (QED) is 0.486. The summed E-state index contributed by atoms with van der Waals surface area (Å²) in [7, 11) is 0. The number of aliphatic carboxylic acids is 1. The van der Waals surface area contributed by atoms with Gasteiger partial charge in [-0.3, -0.25) is 4.79 Å². The third-order valence-corrected chi connectivity index (χ3v) is 4.89. The molecule has 31 heavy (non-hydrogen) atoms. The Morgan fingerprint density at radius 3 is 2.74 bits per heavy atom. The lowest BCUT2D eigenvalue weighted by Gasteiger charge is -2.20. The summed E-state index contributed by atoms with van der Waals surface area (Å²) in [5.74, 6) is 1.15. The molecule has 7 nitrogen and oxygen atoms in total. The maximum Gasteiger partial charge on any atom is 0.303 e. The number of carboxylic acid groups (broad SMARTS) is 1. The van der Waals surface area contributed by atoms with Crippen molar-refractivity contribution in [2.45, 2.75) is 46.1 Å².